The summed E-state index contributed by atoms with van der Waals surface area (Å²) in [5.41, 5.74) is 1.97. The summed E-state index contributed by atoms with van der Waals surface area (Å²) in [7, 11) is 0. The molecule has 2 aromatic rings. The standard InChI is InChI=1S/C24H28N2O3/c1-18(20-12-13-20)26(16-19-7-3-2-4-8-19)24(28)17-29-22-10-5-9-21(15-22)25-14-6-11-23(25)27/h2-5,7-10,15,18,20H,6,11-14,16-17H2,1H3. The maximum atomic E-state index is 13.0. The molecule has 2 aromatic carbocycles. The summed E-state index contributed by atoms with van der Waals surface area (Å²) >= 11 is 0. The molecule has 5 nitrogen and oxygen atoms in total. The molecule has 0 bridgehead atoms. The van der Waals surface area contributed by atoms with Crippen LogP contribution >= 0.6 is 0 Å². The molecule has 1 atom stereocenters. The normalized spacial score (nSPS) is 17.3. The van der Waals surface area contributed by atoms with E-state index in [1.807, 2.05) is 47.4 Å². The molecule has 1 aliphatic carbocycles. The monoisotopic (exact) mass is 392 g/mol. The molecule has 5 heteroatoms. The first-order valence-corrected chi connectivity index (χ1v) is 10.5. The Balaban J connectivity index is 1.41. The average molecular weight is 392 g/mol. The third-order valence-corrected chi connectivity index (χ3v) is 5.88. The largest absolute Gasteiger partial charge is 0.484 e. The van der Waals surface area contributed by atoms with Crippen molar-refractivity contribution in [2.24, 2.45) is 5.92 Å². The molecule has 0 spiro atoms. The minimum absolute atomic E-state index is 0.00128. The third kappa shape index (κ3) is 4.78. The van der Waals surface area contributed by atoms with Crippen LogP contribution in [0.5, 0.6) is 5.75 Å². The molecular formula is C24H28N2O3. The van der Waals surface area contributed by atoms with E-state index >= 15 is 0 Å². The van der Waals surface area contributed by atoms with Gasteiger partial charge in [-0.15, -0.1) is 0 Å². The third-order valence-electron chi connectivity index (χ3n) is 5.88. The predicted octanol–water partition coefficient (Wildman–Crippen LogP) is 4.02. The van der Waals surface area contributed by atoms with Gasteiger partial charge in [-0.3, -0.25) is 9.59 Å². The van der Waals surface area contributed by atoms with Gasteiger partial charge < -0.3 is 14.5 Å². The van der Waals surface area contributed by atoms with E-state index in [1.54, 1.807) is 4.90 Å². The van der Waals surface area contributed by atoms with Crippen LogP contribution in [-0.4, -0.2) is 35.9 Å². The molecule has 2 amide bonds. The molecule has 2 aliphatic rings. The molecule has 1 heterocycles. The fourth-order valence-electron chi connectivity index (χ4n) is 3.96. The van der Waals surface area contributed by atoms with Crippen LogP contribution in [0, 0.1) is 5.92 Å². The number of ether oxygens (including phenoxy) is 1. The first kappa shape index (κ1) is 19.5. The molecule has 0 N–H and O–H groups in total. The molecule has 152 valence electrons. The van der Waals surface area contributed by atoms with Gasteiger partial charge in [0.15, 0.2) is 6.61 Å². The van der Waals surface area contributed by atoms with Crippen LogP contribution in [0.1, 0.15) is 38.2 Å². The van der Waals surface area contributed by atoms with Gasteiger partial charge in [0, 0.05) is 37.3 Å². The van der Waals surface area contributed by atoms with Gasteiger partial charge in [-0.05, 0) is 49.8 Å². The minimum Gasteiger partial charge on any atom is -0.484 e. The number of anilines is 1. The second kappa shape index (κ2) is 8.68. The number of nitrogens with zero attached hydrogens (tertiary/aromatic N) is 2. The Morgan fingerprint density at radius 3 is 2.66 bits per heavy atom. The second-order valence-electron chi connectivity index (χ2n) is 8.02. The van der Waals surface area contributed by atoms with Crippen LogP contribution < -0.4 is 9.64 Å². The lowest BCUT2D eigenvalue weighted by Crippen LogP contribution is -2.42. The number of carbonyl (C=O) groups is 2. The van der Waals surface area contributed by atoms with E-state index in [4.69, 9.17) is 4.74 Å². The first-order chi connectivity index (χ1) is 14.1. The highest BCUT2D eigenvalue weighted by Gasteiger charge is 2.34. The molecule has 1 saturated carbocycles. The summed E-state index contributed by atoms with van der Waals surface area (Å²) in [5, 5.41) is 0. The van der Waals surface area contributed by atoms with Crippen molar-refractivity contribution >= 4 is 17.5 Å². The van der Waals surface area contributed by atoms with Gasteiger partial charge in [0.1, 0.15) is 5.75 Å². The second-order valence-corrected chi connectivity index (χ2v) is 8.02. The number of amides is 2. The van der Waals surface area contributed by atoms with Gasteiger partial charge in [0.25, 0.3) is 5.91 Å². The van der Waals surface area contributed by atoms with Crippen molar-refractivity contribution in [2.75, 3.05) is 18.1 Å². The summed E-state index contributed by atoms with van der Waals surface area (Å²) < 4.78 is 5.84. The lowest BCUT2D eigenvalue weighted by Gasteiger charge is -2.29. The van der Waals surface area contributed by atoms with Crippen LogP contribution in [0.3, 0.4) is 0 Å². The van der Waals surface area contributed by atoms with Gasteiger partial charge in [0.2, 0.25) is 5.91 Å². The summed E-state index contributed by atoms with van der Waals surface area (Å²) in [6.07, 6.45) is 3.85. The van der Waals surface area contributed by atoms with E-state index < -0.39 is 0 Å². The Hall–Kier alpha value is -2.82. The molecular weight excluding hydrogens is 364 g/mol. The van der Waals surface area contributed by atoms with Gasteiger partial charge >= 0.3 is 0 Å². The summed E-state index contributed by atoms with van der Waals surface area (Å²) in [4.78, 5) is 28.7. The number of rotatable bonds is 8. The maximum Gasteiger partial charge on any atom is 0.261 e. The molecule has 4 rings (SSSR count). The van der Waals surface area contributed by atoms with Crippen molar-refractivity contribution in [2.45, 2.75) is 45.2 Å². The molecule has 1 unspecified atom stereocenters. The first-order valence-electron chi connectivity index (χ1n) is 10.5. The van der Waals surface area contributed by atoms with Gasteiger partial charge in [-0.25, -0.2) is 0 Å². The van der Waals surface area contributed by atoms with E-state index in [2.05, 4.69) is 19.1 Å². The van der Waals surface area contributed by atoms with Crippen molar-refractivity contribution in [1.29, 1.82) is 0 Å². The number of carbonyl (C=O) groups excluding carboxylic acids is 2. The highest BCUT2D eigenvalue weighted by Crippen LogP contribution is 2.36. The van der Waals surface area contributed by atoms with Crippen LogP contribution in [0.4, 0.5) is 5.69 Å². The highest BCUT2D eigenvalue weighted by atomic mass is 16.5. The zero-order valence-electron chi connectivity index (χ0n) is 16.9. The Kier molecular flexibility index (Phi) is 5.84. The quantitative estimate of drug-likeness (QED) is 0.682. The van der Waals surface area contributed by atoms with Gasteiger partial charge in [-0.1, -0.05) is 36.4 Å². The summed E-state index contributed by atoms with van der Waals surface area (Å²) in [5.74, 6) is 1.35. The van der Waals surface area contributed by atoms with Crippen molar-refractivity contribution in [3.8, 4) is 5.75 Å². The van der Waals surface area contributed by atoms with Crippen molar-refractivity contribution < 1.29 is 14.3 Å². The van der Waals surface area contributed by atoms with Crippen LogP contribution in [0.2, 0.25) is 0 Å². The number of hydrogen-bond acceptors (Lipinski definition) is 3. The topological polar surface area (TPSA) is 49.9 Å². The number of hydrogen-bond donors (Lipinski definition) is 0. The van der Waals surface area contributed by atoms with Crippen molar-refractivity contribution in [3.05, 3.63) is 60.2 Å². The summed E-state index contributed by atoms with van der Waals surface area (Å²) in [6, 6.07) is 17.8. The Morgan fingerprint density at radius 2 is 1.97 bits per heavy atom. The predicted molar refractivity (Wildman–Crippen MR) is 113 cm³/mol. The molecule has 1 saturated heterocycles. The molecule has 0 radical (unpaired) electrons. The van der Waals surface area contributed by atoms with Crippen LogP contribution in [-0.2, 0) is 16.1 Å². The Labute approximate surface area is 172 Å². The summed E-state index contributed by atoms with van der Waals surface area (Å²) in [6.45, 7) is 3.48. The zero-order valence-corrected chi connectivity index (χ0v) is 16.9. The Morgan fingerprint density at radius 1 is 1.17 bits per heavy atom. The highest BCUT2D eigenvalue weighted by molar-refractivity contribution is 5.95. The SMILES string of the molecule is CC(C1CC1)N(Cc1ccccc1)C(=O)COc1cccc(N2CCCC2=O)c1. The number of benzene rings is 2. The van der Waals surface area contributed by atoms with Gasteiger partial charge in [-0.2, -0.15) is 0 Å². The average Bonchev–Trinajstić information content (AvgIpc) is 3.51. The molecule has 2 fully saturated rings. The fraction of sp³-hybridized carbons (Fsp3) is 0.417. The van der Waals surface area contributed by atoms with E-state index in [1.165, 1.54) is 12.8 Å². The maximum absolute atomic E-state index is 13.0. The lowest BCUT2D eigenvalue weighted by molar-refractivity contribution is -0.136. The Bertz CT molecular complexity index is 863. The minimum atomic E-state index is -0.00379. The van der Waals surface area contributed by atoms with Crippen LogP contribution in [0.25, 0.3) is 0 Å². The smallest absolute Gasteiger partial charge is 0.261 e. The van der Waals surface area contributed by atoms with Crippen molar-refractivity contribution in [1.82, 2.24) is 4.90 Å². The van der Waals surface area contributed by atoms with Crippen LogP contribution in [0.15, 0.2) is 54.6 Å². The van der Waals surface area contributed by atoms with E-state index in [0.29, 0.717) is 24.6 Å². The zero-order chi connectivity index (χ0) is 20.2. The molecule has 29 heavy (non-hydrogen) atoms. The van der Waals surface area contributed by atoms with E-state index in [9.17, 15) is 9.59 Å². The fourth-order valence-corrected chi connectivity index (χ4v) is 3.96. The molecule has 0 aromatic heterocycles. The van der Waals surface area contributed by atoms with Gasteiger partial charge in [0.05, 0.1) is 0 Å². The lowest BCUT2D eigenvalue weighted by atomic mass is 10.1. The van der Waals surface area contributed by atoms with E-state index in [-0.39, 0.29) is 24.5 Å². The molecule has 1 aliphatic heterocycles. The van der Waals surface area contributed by atoms with Crippen molar-refractivity contribution in [3.63, 3.8) is 0 Å². The van der Waals surface area contributed by atoms with E-state index in [0.717, 1.165) is 24.2 Å².